The number of halogens is 1. The Morgan fingerprint density at radius 1 is 1.35 bits per heavy atom. The van der Waals surface area contributed by atoms with Crippen molar-refractivity contribution in [1.82, 2.24) is 0 Å². The lowest BCUT2D eigenvalue weighted by Gasteiger charge is -2.14. The molecule has 0 radical (unpaired) electrons. The van der Waals surface area contributed by atoms with Gasteiger partial charge in [-0.05, 0) is 24.5 Å². The molecule has 1 N–H and O–H groups in total. The molecule has 0 saturated heterocycles. The van der Waals surface area contributed by atoms with Gasteiger partial charge in [0.25, 0.3) is 0 Å². The lowest BCUT2D eigenvalue weighted by Crippen LogP contribution is -2.14. The fourth-order valence-corrected chi connectivity index (χ4v) is 1.84. The molecular formula is C15H22ClNO3. The molecule has 0 aromatic heterocycles. The first-order valence-electron chi connectivity index (χ1n) is 6.74. The zero-order chi connectivity index (χ0) is 15.0. The van der Waals surface area contributed by atoms with Gasteiger partial charge in [-0.1, -0.05) is 31.5 Å². The van der Waals surface area contributed by atoms with Crippen LogP contribution in [-0.2, 0) is 9.53 Å². The third-order valence-electron chi connectivity index (χ3n) is 2.72. The normalized spacial score (nSPS) is 10.7. The molecule has 0 atom stereocenters. The number of para-hydroxylation sites is 1. The highest BCUT2D eigenvalue weighted by atomic mass is 35.5. The first kappa shape index (κ1) is 16.8. The van der Waals surface area contributed by atoms with Crippen LogP contribution in [0, 0.1) is 5.92 Å². The second kappa shape index (κ2) is 8.82. The summed E-state index contributed by atoms with van der Waals surface area (Å²) in [6.07, 6.45) is 1.34. The summed E-state index contributed by atoms with van der Waals surface area (Å²) in [5, 5.41) is 3.32. The maximum absolute atomic E-state index is 11.9. The summed E-state index contributed by atoms with van der Waals surface area (Å²) in [6, 6.07) is 5.29. The summed E-state index contributed by atoms with van der Waals surface area (Å²) in [6.45, 7) is 5.03. The predicted molar refractivity (Wildman–Crippen MR) is 81.5 cm³/mol. The molecule has 0 heterocycles. The van der Waals surface area contributed by atoms with Gasteiger partial charge in [-0.15, -0.1) is 0 Å². The highest BCUT2D eigenvalue weighted by molar-refractivity contribution is 6.32. The highest BCUT2D eigenvalue weighted by Gasteiger charge is 2.11. The van der Waals surface area contributed by atoms with E-state index in [-0.39, 0.29) is 5.91 Å². The van der Waals surface area contributed by atoms with Crippen molar-refractivity contribution >= 4 is 23.2 Å². The van der Waals surface area contributed by atoms with Crippen molar-refractivity contribution in [3.63, 3.8) is 0 Å². The van der Waals surface area contributed by atoms with Crippen LogP contribution in [0.15, 0.2) is 18.2 Å². The quantitative estimate of drug-likeness (QED) is 0.744. The third kappa shape index (κ3) is 5.80. The summed E-state index contributed by atoms with van der Waals surface area (Å²) in [5.41, 5.74) is 0.599. The van der Waals surface area contributed by atoms with Gasteiger partial charge in [-0.25, -0.2) is 0 Å². The van der Waals surface area contributed by atoms with Gasteiger partial charge in [0.1, 0.15) is 6.61 Å². The van der Waals surface area contributed by atoms with Crippen LogP contribution >= 0.6 is 11.6 Å². The summed E-state index contributed by atoms with van der Waals surface area (Å²) in [7, 11) is 1.60. The number of ether oxygens (including phenoxy) is 2. The van der Waals surface area contributed by atoms with E-state index in [2.05, 4.69) is 19.2 Å². The predicted octanol–water partition coefficient (Wildman–Crippen LogP) is 3.74. The molecule has 0 fully saturated rings. The van der Waals surface area contributed by atoms with E-state index in [1.165, 1.54) is 0 Å². The van der Waals surface area contributed by atoms with Gasteiger partial charge in [0.05, 0.1) is 17.3 Å². The molecule has 0 aliphatic rings. The van der Waals surface area contributed by atoms with Crippen molar-refractivity contribution in [2.24, 2.45) is 5.92 Å². The molecule has 112 valence electrons. The van der Waals surface area contributed by atoms with Crippen molar-refractivity contribution in [2.45, 2.75) is 26.7 Å². The molecule has 1 aromatic rings. The minimum atomic E-state index is -0.0300. The lowest BCUT2D eigenvalue weighted by atomic mass is 10.1. The van der Waals surface area contributed by atoms with Crippen LogP contribution in [0.2, 0.25) is 5.02 Å². The minimum absolute atomic E-state index is 0.0300. The fourth-order valence-electron chi connectivity index (χ4n) is 1.61. The molecule has 0 aliphatic carbocycles. The Kier molecular flexibility index (Phi) is 7.41. The molecule has 4 nitrogen and oxygen atoms in total. The van der Waals surface area contributed by atoms with E-state index in [1.807, 2.05) is 0 Å². The second-order valence-electron chi connectivity index (χ2n) is 4.94. The SMILES string of the molecule is COCCOc1c(Cl)cccc1NC(=O)CCC(C)C. The van der Waals surface area contributed by atoms with Gasteiger partial charge < -0.3 is 14.8 Å². The molecular weight excluding hydrogens is 278 g/mol. The van der Waals surface area contributed by atoms with E-state index >= 15 is 0 Å². The van der Waals surface area contributed by atoms with Crippen molar-refractivity contribution in [1.29, 1.82) is 0 Å². The number of carbonyl (C=O) groups excluding carboxylic acids is 1. The van der Waals surface area contributed by atoms with Crippen molar-refractivity contribution in [2.75, 3.05) is 25.6 Å². The standard InChI is InChI=1S/C15H22ClNO3/c1-11(2)7-8-14(18)17-13-6-4-5-12(16)15(13)20-10-9-19-3/h4-6,11H,7-10H2,1-3H3,(H,17,18). The number of hydrogen-bond donors (Lipinski definition) is 1. The molecule has 0 aliphatic heterocycles. The molecule has 5 heteroatoms. The van der Waals surface area contributed by atoms with Crippen LogP contribution in [0.4, 0.5) is 5.69 Å². The lowest BCUT2D eigenvalue weighted by molar-refractivity contribution is -0.116. The zero-order valence-corrected chi connectivity index (χ0v) is 13.0. The fraction of sp³-hybridized carbons (Fsp3) is 0.533. The minimum Gasteiger partial charge on any atom is -0.487 e. The molecule has 0 saturated carbocycles. The van der Waals surface area contributed by atoms with E-state index in [0.29, 0.717) is 42.0 Å². The Balaban J connectivity index is 2.68. The van der Waals surface area contributed by atoms with E-state index < -0.39 is 0 Å². The molecule has 1 rings (SSSR count). The summed E-state index contributed by atoms with van der Waals surface area (Å²) < 4.78 is 10.5. The second-order valence-corrected chi connectivity index (χ2v) is 5.35. The van der Waals surface area contributed by atoms with Crippen molar-refractivity contribution in [3.05, 3.63) is 23.2 Å². The van der Waals surface area contributed by atoms with Gasteiger partial charge in [0, 0.05) is 13.5 Å². The van der Waals surface area contributed by atoms with E-state index in [4.69, 9.17) is 21.1 Å². The van der Waals surface area contributed by atoms with Gasteiger partial charge in [0.2, 0.25) is 5.91 Å². The van der Waals surface area contributed by atoms with E-state index in [9.17, 15) is 4.79 Å². The maximum atomic E-state index is 11.9. The van der Waals surface area contributed by atoms with Gasteiger partial charge >= 0.3 is 0 Å². The number of carbonyl (C=O) groups is 1. The van der Waals surface area contributed by atoms with Crippen LogP contribution in [0.5, 0.6) is 5.75 Å². The third-order valence-corrected chi connectivity index (χ3v) is 3.02. The number of anilines is 1. The van der Waals surface area contributed by atoms with Crippen molar-refractivity contribution < 1.29 is 14.3 Å². The van der Waals surface area contributed by atoms with E-state index in [0.717, 1.165) is 6.42 Å². The molecule has 0 spiro atoms. The summed E-state index contributed by atoms with van der Waals surface area (Å²) in [5.74, 6) is 0.958. The van der Waals surface area contributed by atoms with Gasteiger partial charge in [-0.3, -0.25) is 4.79 Å². The number of hydrogen-bond acceptors (Lipinski definition) is 3. The highest BCUT2D eigenvalue weighted by Crippen LogP contribution is 2.33. The summed E-state index contributed by atoms with van der Waals surface area (Å²) in [4.78, 5) is 11.9. The summed E-state index contributed by atoms with van der Waals surface area (Å²) >= 11 is 6.10. The number of rotatable bonds is 8. The average Bonchev–Trinajstić information content (AvgIpc) is 2.39. The molecule has 20 heavy (non-hydrogen) atoms. The van der Waals surface area contributed by atoms with E-state index in [1.54, 1.807) is 25.3 Å². The number of methoxy groups -OCH3 is 1. The zero-order valence-electron chi connectivity index (χ0n) is 12.2. The van der Waals surface area contributed by atoms with Crippen LogP contribution in [0.25, 0.3) is 0 Å². The van der Waals surface area contributed by atoms with Gasteiger partial charge in [-0.2, -0.15) is 0 Å². The molecule has 0 unspecified atom stereocenters. The Morgan fingerprint density at radius 2 is 2.10 bits per heavy atom. The Bertz CT molecular complexity index is 435. The molecule has 0 bridgehead atoms. The first-order valence-corrected chi connectivity index (χ1v) is 7.12. The monoisotopic (exact) mass is 299 g/mol. The number of benzene rings is 1. The largest absolute Gasteiger partial charge is 0.487 e. The topological polar surface area (TPSA) is 47.6 Å². The molecule has 1 aromatic carbocycles. The van der Waals surface area contributed by atoms with Gasteiger partial charge in [0.15, 0.2) is 5.75 Å². The smallest absolute Gasteiger partial charge is 0.224 e. The van der Waals surface area contributed by atoms with Crippen molar-refractivity contribution in [3.8, 4) is 5.75 Å². The van der Waals surface area contributed by atoms with Crippen LogP contribution in [-0.4, -0.2) is 26.2 Å². The maximum Gasteiger partial charge on any atom is 0.224 e. The Labute approximate surface area is 125 Å². The van der Waals surface area contributed by atoms with Crippen LogP contribution in [0.1, 0.15) is 26.7 Å². The molecule has 1 amide bonds. The number of amides is 1. The number of nitrogens with one attached hydrogen (secondary N) is 1. The van der Waals surface area contributed by atoms with Crippen LogP contribution < -0.4 is 10.1 Å². The first-order chi connectivity index (χ1) is 9.54. The Morgan fingerprint density at radius 3 is 2.75 bits per heavy atom. The Hall–Kier alpha value is -1.26. The van der Waals surface area contributed by atoms with Crippen LogP contribution in [0.3, 0.4) is 0 Å². The average molecular weight is 300 g/mol.